The lowest BCUT2D eigenvalue weighted by Gasteiger charge is -2.20. The van der Waals surface area contributed by atoms with E-state index in [0.717, 1.165) is 32.5 Å². The highest BCUT2D eigenvalue weighted by atomic mass is 16.5. The molecular weight excluding hydrogens is 212 g/mol. The van der Waals surface area contributed by atoms with Crippen LogP contribution < -0.4 is 11.3 Å². The highest BCUT2D eigenvalue weighted by molar-refractivity contribution is 5.26. The molecule has 1 saturated heterocycles. The smallest absolute Gasteiger partial charge is 0.0495 e. The van der Waals surface area contributed by atoms with E-state index in [1.807, 2.05) is 0 Å². The molecule has 0 saturated carbocycles. The molecule has 0 bridgehead atoms. The van der Waals surface area contributed by atoms with Crippen LogP contribution in [0.3, 0.4) is 0 Å². The number of nitrogens with one attached hydrogen (secondary N) is 1. The van der Waals surface area contributed by atoms with Crippen LogP contribution in [0.25, 0.3) is 0 Å². The maximum absolute atomic E-state index is 5.68. The molecule has 2 atom stereocenters. The van der Waals surface area contributed by atoms with Crippen LogP contribution in [0.5, 0.6) is 0 Å². The summed E-state index contributed by atoms with van der Waals surface area (Å²) in [5.74, 6) is 6.32. The number of benzene rings is 1. The Morgan fingerprint density at radius 1 is 1.53 bits per heavy atom. The third-order valence-electron chi connectivity index (χ3n) is 3.56. The Hall–Kier alpha value is -0.900. The Kier molecular flexibility index (Phi) is 4.54. The lowest BCUT2D eigenvalue weighted by Crippen LogP contribution is -2.29. The number of hydrogen-bond acceptors (Lipinski definition) is 3. The van der Waals surface area contributed by atoms with Gasteiger partial charge in [-0.05, 0) is 36.3 Å². The van der Waals surface area contributed by atoms with Crippen LogP contribution in [0.15, 0.2) is 24.3 Å². The van der Waals surface area contributed by atoms with Crippen LogP contribution in [0.2, 0.25) is 0 Å². The molecule has 17 heavy (non-hydrogen) atoms. The van der Waals surface area contributed by atoms with Crippen LogP contribution in [0.4, 0.5) is 0 Å². The molecule has 0 aromatic heterocycles. The van der Waals surface area contributed by atoms with Crippen molar-refractivity contribution in [1.82, 2.24) is 5.43 Å². The van der Waals surface area contributed by atoms with E-state index < -0.39 is 0 Å². The molecular formula is C14H22N2O. The summed E-state index contributed by atoms with van der Waals surface area (Å²) in [4.78, 5) is 0. The van der Waals surface area contributed by atoms with Gasteiger partial charge in [-0.3, -0.25) is 11.3 Å². The van der Waals surface area contributed by atoms with Crippen molar-refractivity contribution in [3.8, 4) is 0 Å². The van der Waals surface area contributed by atoms with Crippen LogP contribution in [-0.2, 0) is 11.2 Å². The molecule has 1 aliphatic heterocycles. The standard InChI is InChI=1S/C14H22N2O/c1-2-11-4-3-5-13(8-11)14(16-15)9-12-6-7-17-10-12/h3-5,8,12,14,16H,2,6-7,9-10,15H2,1H3. The van der Waals surface area contributed by atoms with Gasteiger partial charge in [0.1, 0.15) is 0 Å². The first-order chi connectivity index (χ1) is 8.33. The second-order valence-corrected chi connectivity index (χ2v) is 4.78. The van der Waals surface area contributed by atoms with Gasteiger partial charge in [-0.15, -0.1) is 0 Å². The van der Waals surface area contributed by atoms with Gasteiger partial charge in [0.2, 0.25) is 0 Å². The van der Waals surface area contributed by atoms with E-state index in [1.165, 1.54) is 11.1 Å². The fraction of sp³-hybridized carbons (Fsp3) is 0.571. The summed E-state index contributed by atoms with van der Waals surface area (Å²) in [7, 11) is 0. The van der Waals surface area contributed by atoms with E-state index in [2.05, 4.69) is 36.6 Å². The average molecular weight is 234 g/mol. The fourth-order valence-electron chi connectivity index (χ4n) is 2.43. The number of ether oxygens (including phenoxy) is 1. The second-order valence-electron chi connectivity index (χ2n) is 4.78. The highest BCUT2D eigenvalue weighted by Crippen LogP contribution is 2.26. The van der Waals surface area contributed by atoms with Gasteiger partial charge in [0.25, 0.3) is 0 Å². The minimum Gasteiger partial charge on any atom is -0.381 e. The van der Waals surface area contributed by atoms with Crippen LogP contribution in [0, 0.1) is 5.92 Å². The van der Waals surface area contributed by atoms with Crippen molar-refractivity contribution >= 4 is 0 Å². The van der Waals surface area contributed by atoms with Gasteiger partial charge >= 0.3 is 0 Å². The van der Waals surface area contributed by atoms with E-state index in [4.69, 9.17) is 10.6 Å². The Balaban J connectivity index is 2.04. The molecule has 3 nitrogen and oxygen atoms in total. The number of nitrogens with two attached hydrogens (primary N) is 1. The van der Waals surface area contributed by atoms with Gasteiger partial charge in [-0.25, -0.2) is 0 Å². The summed E-state index contributed by atoms with van der Waals surface area (Å²) >= 11 is 0. The van der Waals surface area contributed by atoms with Crippen molar-refractivity contribution in [3.05, 3.63) is 35.4 Å². The highest BCUT2D eigenvalue weighted by Gasteiger charge is 2.21. The van der Waals surface area contributed by atoms with E-state index in [-0.39, 0.29) is 6.04 Å². The van der Waals surface area contributed by atoms with Crippen molar-refractivity contribution in [2.75, 3.05) is 13.2 Å². The zero-order chi connectivity index (χ0) is 12.1. The molecule has 1 heterocycles. The van der Waals surface area contributed by atoms with Gasteiger partial charge < -0.3 is 4.74 Å². The van der Waals surface area contributed by atoms with E-state index in [0.29, 0.717) is 5.92 Å². The van der Waals surface area contributed by atoms with Crippen molar-refractivity contribution in [2.45, 2.75) is 32.2 Å². The van der Waals surface area contributed by atoms with Gasteiger partial charge in [0.15, 0.2) is 0 Å². The SMILES string of the molecule is CCc1cccc(C(CC2CCOC2)NN)c1. The number of aryl methyl sites for hydroxylation is 1. The Morgan fingerprint density at radius 3 is 3.06 bits per heavy atom. The maximum atomic E-state index is 5.68. The normalized spacial score (nSPS) is 21.6. The summed E-state index contributed by atoms with van der Waals surface area (Å²) < 4.78 is 5.41. The number of hydrogen-bond donors (Lipinski definition) is 2. The largest absolute Gasteiger partial charge is 0.381 e. The Labute approximate surface area is 103 Å². The molecule has 1 aromatic rings. The summed E-state index contributed by atoms with van der Waals surface area (Å²) in [6.45, 7) is 3.96. The molecule has 1 aliphatic rings. The molecule has 0 spiro atoms. The minimum absolute atomic E-state index is 0.244. The van der Waals surface area contributed by atoms with Crippen molar-refractivity contribution in [3.63, 3.8) is 0 Å². The predicted octanol–water partition coefficient (Wildman–Crippen LogP) is 2.18. The third kappa shape index (κ3) is 3.28. The lowest BCUT2D eigenvalue weighted by molar-refractivity contribution is 0.181. The molecule has 0 aliphatic carbocycles. The maximum Gasteiger partial charge on any atom is 0.0495 e. The van der Waals surface area contributed by atoms with Gasteiger partial charge in [-0.1, -0.05) is 31.2 Å². The van der Waals surface area contributed by atoms with E-state index in [1.54, 1.807) is 0 Å². The van der Waals surface area contributed by atoms with Crippen LogP contribution in [-0.4, -0.2) is 13.2 Å². The van der Waals surface area contributed by atoms with Crippen molar-refractivity contribution in [1.29, 1.82) is 0 Å². The molecule has 2 unspecified atom stereocenters. The lowest BCUT2D eigenvalue weighted by atomic mass is 9.93. The number of hydrazine groups is 1. The summed E-state index contributed by atoms with van der Waals surface area (Å²) in [5, 5.41) is 0. The Bertz CT molecular complexity index is 348. The monoisotopic (exact) mass is 234 g/mol. The van der Waals surface area contributed by atoms with Crippen LogP contribution in [0.1, 0.15) is 36.9 Å². The molecule has 0 amide bonds. The van der Waals surface area contributed by atoms with Gasteiger partial charge in [0.05, 0.1) is 0 Å². The summed E-state index contributed by atoms with van der Waals surface area (Å²) in [5.41, 5.74) is 5.60. The molecule has 2 rings (SSSR count). The van der Waals surface area contributed by atoms with Crippen molar-refractivity contribution in [2.24, 2.45) is 11.8 Å². The fourth-order valence-corrected chi connectivity index (χ4v) is 2.43. The number of rotatable bonds is 5. The molecule has 1 aromatic carbocycles. The molecule has 1 fully saturated rings. The second kappa shape index (κ2) is 6.15. The topological polar surface area (TPSA) is 47.3 Å². The summed E-state index contributed by atoms with van der Waals surface area (Å²) in [6, 6.07) is 8.92. The predicted molar refractivity (Wildman–Crippen MR) is 69.4 cm³/mol. The first kappa shape index (κ1) is 12.6. The molecule has 3 heteroatoms. The third-order valence-corrected chi connectivity index (χ3v) is 3.56. The summed E-state index contributed by atoms with van der Waals surface area (Å²) in [6.07, 6.45) is 3.28. The van der Waals surface area contributed by atoms with Gasteiger partial charge in [-0.2, -0.15) is 0 Å². The van der Waals surface area contributed by atoms with E-state index in [9.17, 15) is 0 Å². The Morgan fingerprint density at radius 2 is 2.41 bits per heavy atom. The average Bonchev–Trinajstić information content (AvgIpc) is 2.89. The quantitative estimate of drug-likeness (QED) is 0.606. The first-order valence-electron chi connectivity index (χ1n) is 6.46. The van der Waals surface area contributed by atoms with Crippen LogP contribution >= 0.6 is 0 Å². The minimum atomic E-state index is 0.244. The molecule has 0 radical (unpaired) electrons. The first-order valence-corrected chi connectivity index (χ1v) is 6.46. The molecule has 94 valence electrons. The van der Waals surface area contributed by atoms with E-state index >= 15 is 0 Å². The zero-order valence-electron chi connectivity index (χ0n) is 10.5. The zero-order valence-corrected chi connectivity index (χ0v) is 10.5. The van der Waals surface area contributed by atoms with Crippen molar-refractivity contribution < 1.29 is 4.74 Å². The molecule has 3 N–H and O–H groups in total. The van der Waals surface area contributed by atoms with Gasteiger partial charge in [0, 0.05) is 19.3 Å².